The fourth-order valence-corrected chi connectivity index (χ4v) is 2.96. The topological polar surface area (TPSA) is 78.9 Å². The lowest BCUT2D eigenvalue weighted by atomic mass is 10.2. The Hall–Kier alpha value is -2.87. The van der Waals surface area contributed by atoms with E-state index in [2.05, 4.69) is 9.97 Å². The summed E-state index contributed by atoms with van der Waals surface area (Å²) >= 11 is 6.00. The molecule has 1 aromatic heterocycles. The van der Waals surface area contributed by atoms with Gasteiger partial charge < -0.3 is 14.5 Å². The first-order valence-electron chi connectivity index (χ1n) is 8.51. The molecule has 0 atom stereocenters. The van der Waals surface area contributed by atoms with Crippen molar-refractivity contribution >= 4 is 29.5 Å². The Morgan fingerprint density at radius 1 is 1.07 bits per heavy atom. The van der Waals surface area contributed by atoms with Gasteiger partial charge in [-0.15, -0.1) is 0 Å². The van der Waals surface area contributed by atoms with Crippen molar-refractivity contribution in [2.75, 3.05) is 38.1 Å². The maximum absolute atomic E-state index is 12.6. The molecule has 1 aromatic carbocycles. The average Bonchev–Trinajstić information content (AvgIpc) is 2.72. The molecule has 1 aliphatic rings. The summed E-state index contributed by atoms with van der Waals surface area (Å²) in [6, 6.07) is 9.26. The molecule has 0 radical (unpaired) electrons. The highest BCUT2D eigenvalue weighted by Crippen LogP contribution is 2.20. The fraction of sp³-hybridized carbons (Fsp3) is 0.333. The van der Waals surface area contributed by atoms with E-state index >= 15 is 0 Å². The number of nitrogens with zero attached hydrogens (tertiary/aromatic N) is 5. The van der Waals surface area contributed by atoms with Gasteiger partial charge in [0, 0.05) is 45.6 Å². The van der Waals surface area contributed by atoms with Crippen LogP contribution < -0.4 is 4.90 Å². The van der Waals surface area contributed by atoms with Crippen LogP contribution in [0.2, 0.25) is 5.15 Å². The molecule has 0 saturated carbocycles. The van der Waals surface area contributed by atoms with Gasteiger partial charge in [-0.25, -0.2) is 19.6 Å². The molecular weight excluding hydrogens is 370 g/mol. The number of aromatic nitrogens is 2. The van der Waals surface area contributed by atoms with Gasteiger partial charge >= 0.3 is 12.1 Å². The molecular formula is C18H20ClN5O3. The third-order valence-corrected chi connectivity index (χ3v) is 4.52. The predicted octanol–water partition coefficient (Wildman–Crippen LogP) is 2.64. The third kappa shape index (κ3) is 4.65. The maximum atomic E-state index is 12.6. The number of hydrogen-bond donors (Lipinski definition) is 0. The normalized spacial score (nSPS) is 14.0. The number of amides is 3. The second-order valence-electron chi connectivity index (χ2n) is 6.03. The van der Waals surface area contributed by atoms with E-state index in [1.165, 1.54) is 17.3 Å². The highest BCUT2D eigenvalue weighted by atomic mass is 35.5. The summed E-state index contributed by atoms with van der Waals surface area (Å²) in [7, 11) is 1.60. The van der Waals surface area contributed by atoms with E-state index in [1.54, 1.807) is 16.8 Å². The largest absolute Gasteiger partial charge is 0.445 e. The molecule has 3 amide bonds. The molecule has 1 aliphatic heterocycles. The summed E-state index contributed by atoms with van der Waals surface area (Å²) in [5, 5.41) is 0.163. The second kappa shape index (κ2) is 8.68. The lowest BCUT2D eigenvalue weighted by molar-refractivity contribution is 0.0777. The molecule has 142 valence electrons. The van der Waals surface area contributed by atoms with Gasteiger partial charge in [0.25, 0.3) is 0 Å². The van der Waals surface area contributed by atoms with Crippen LogP contribution in [0.5, 0.6) is 0 Å². The number of benzene rings is 1. The molecule has 1 saturated heterocycles. The zero-order valence-corrected chi connectivity index (χ0v) is 15.7. The summed E-state index contributed by atoms with van der Waals surface area (Å²) in [6.07, 6.45) is 2.56. The summed E-state index contributed by atoms with van der Waals surface area (Å²) in [5.41, 5.74) is 0.933. The van der Waals surface area contributed by atoms with Crippen molar-refractivity contribution in [1.82, 2.24) is 19.8 Å². The molecule has 0 spiro atoms. The fourth-order valence-electron chi connectivity index (χ4n) is 2.73. The minimum Gasteiger partial charge on any atom is -0.445 e. The number of urea groups is 1. The van der Waals surface area contributed by atoms with Gasteiger partial charge in [-0.1, -0.05) is 41.9 Å². The molecule has 0 N–H and O–H groups in total. The number of carbonyl (C=O) groups excluding carboxylic acids is 2. The molecule has 2 heterocycles. The third-order valence-electron chi connectivity index (χ3n) is 4.25. The van der Waals surface area contributed by atoms with Gasteiger partial charge in [0.2, 0.25) is 0 Å². The Bertz CT molecular complexity index is 797. The van der Waals surface area contributed by atoms with E-state index in [0.717, 1.165) is 5.56 Å². The minimum absolute atomic E-state index is 0.163. The van der Waals surface area contributed by atoms with Crippen LogP contribution >= 0.6 is 11.6 Å². The van der Waals surface area contributed by atoms with Crippen molar-refractivity contribution in [2.45, 2.75) is 6.61 Å². The Labute approximate surface area is 162 Å². The maximum Gasteiger partial charge on any atom is 0.410 e. The molecule has 27 heavy (non-hydrogen) atoms. The standard InChI is InChI=1S/C18H20ClN5O3/c1-22(16-15(19)20-7-8-21-16)17(25)23-9-11-24(12-10-23)18(26)27-13-14-5-3-2-4-6-14/h2-8H,9-13H2,1H3. The average molecular weight is 390 g/mol. The molecule has 3 rings (SSSR count). The Balaban J connectivity index is 1.50. The van der Waals surface area contributed by atoms with Crippen LogP contribution in [0.25, 0.3) is 0 Å². The van der Waals surface area contributed by atoms with Gasteiger partial charge in [-0.05, 0) is 5.56 Å². The van der Waals surface area contributed by atoms with Gasteiger partial charge in [0.05, 0.1) is 0 Å². The van der Waals surface area contributed by atoms with Crippen molar-refractivity contribution in [2.24, 2.45) is 0 Å². The number of anilines is 1. The van der Waals surface area contributed by atoms with Crippen molar-refractivity contribution < 1.29 is 14.3 Å². The first kappa shape index (κ1) is 18.9. The zero-order valence-electron chi connectivity index (χ0n) is 14.9. The van der Waals surface area contributed by atoms with Gasteiger partial charge in [-0.3, -0.25) is 4.90 Å². The summed E-state index contributed by atoms with van der Waals surface area (Å²) in [4.78, 5) is 37.5. The second-order valence-corrected chi connectivity index (χ2v) is 6.38. The van der Waals surface area contributed by atoms with Crippen LogP contribution in [0.15, 0.2) is 42.7 Å². The zero-order chi connectivity index (χ0) is 19.2. The minimum atomic E-state index is -0.378. The van der Waals surface area contributed by atoms with Gasteiger partial charge in [-0.2, -0.15) is 0 Å². The van der Waals surface area contributed by atoms with Crippen LogP contribution in [0.4, 0.5) is 15.4 Å². The summed E-state index contributed by atoms with van der Waals surface area (Å²) < 4.78 is 5.33. The SMILES string of the molecule is CN(C(=O)N1CCN(C(=O)OCc2ccccc2)CC1)c1nccnc1Cl. The van der Waals surface area contributed by atoms with Crippen molar-refractivity contribution in [3.63, 3.8) is 0 Å². The number of piperazine rings is 1. The van der Waals surface area contributed by atoms with E-state index in [9.17, 15) is 9.59 Å². The lowest BCUT2D eigenvalue weighted by Gasteiger charge is -2.35. The van der Waals surface area contributed by atoms with Crippen LogP contribution in [0.3, 0.4) is 0 Å². The predicted molar refractivity (Wildman–Crippen MR) is 101 cm³/mol. The molecule has 8 nitrogen and oxygen atoms in total. The number of carbonyl (C=O) groups is 2. The van der Waals surface area contributed by atoms with Crippen LogP contribution in [0, 0.1) is 0 Å². The monoisotopic (exact) mass is 389 g/mol. The summed E-state index contributed by atoms with van der Waals surface area (Å²) in [6.45, 7) is 1.85. The highest BCUT2D eigenvalue weighted by molar-refractivity contribution is 6.32. The van der Waals surface area contributed by atoms with Crippen molar-refractivity contribution in [3.8, 4) is 0 Å². The number of hydrogen-bond acceptors (Lipinski definition) is 5. The molecule has 0 unspecified atom stereocenters. The first-order chi connectivity index (χ1) is 13.1. The number of halogens is 1. The molecule has 2 aromatic rings. The van der Waals surface area contributed by atoms with Gasteiger partial charge in [0.15, 0.2) is 11.0 Å². The summed E-state index contributed by atoms with van der Waals surface area (Å²) in [5.74, 6) is 0.300. The Kier molecular flexibility index (Phi) is 6.08. The van der Waals surface area contributed by atoms with E-state index in [4.69, 9.17) is 16.3 Å². The highest BCUT2D eigenvalue weighted by Gasteiger charge is 2.28. The van der Waals surface area contributed by atoms with E-state index in [-0.39, 0.29) is 23.9 Å². The van der Waals surface area contributed by atoms with Crippen LogP contribution in [-0.2, 0) is 11.3 Å². The molecule has 9 heteroatoms. The molecule has 1 fully saturated rings. The van der Waals surface area contributed by atoms with E-state index in [1.807, 2.05) is 30.3 Å². The Morgan fingerprint density at radius 3 is 2.37 bits per heavy atom. The Morgan fingerprint density at radius 2 is 1.70 bits per heavy atom. The molecule has 0 aliphatic carbocycles. The van der Waals surface area contributed by atoms with Gasteiger partial charge in [0.1, 0.15) is 6.61 Å². The quantitative estimate of drug-likeness (QED) is 0.806. The van der Waals surface area contributed by atoms with Crippen LogP contribution in [0.1, 0.15) is 5.56 Å². The van der Waals surface area contributed by atoms with Crippen molar-refractivity contribution in [1.29, 1.82) is 0 Å². The number of rotatable bonds is 3. The number of ether oxygens (including phenoxy) is 1. The smallest absolute Gasteiger partial charge is 0.410 e. The first-order valence-corrected chi connectivity index (χ1v) is 8.89. The van der Waals surface area contributed by atoms with E-state index < -0.39 is 0 Å². The molecule has 0 bridgehead atoms. The van der Waals surface area contributed by atoms with Crippen LogP contribution in [-0.4, -0.2) is 65.1 Å². The lowest BCUT2D eigenvalue weighted by Crippen LogP contribution is -2.53. The van der Waals surface area contributed by atoms with E-state index in [0.29, 0.717) is 32.0 Å². The van der Waals surface area contributed by atoms with Crippen molar-refractivity contribution in [3.05, 3.63) is 53.4 Å².